The van der Waals surface area contributed by atoms with Gasteiger partial charge in [-0.25, -0.2) is 0 Å². The molecule has 0 saturated heterocycles. The summed E-state index contributed by atoms with van der Waals surface area (Å²) in [5.74, 6) is 1.81. The number of methoxy groups -OCH3 is 1. The highest BCUT2D eigenvalue weighted by Gasteiger charge is 2.15. The number of anilines is 1. The van der Waals surface area contributed by atoms with Crippen molar-refractivity contribution in [1.29, 1.82) is 0 Å². The Morgan fingerprint density at radius 1 is 1.08 bits per heavy atom. The van der Waals surface area contributed by atoms with Gasteiger partial charge in [0.1, 0.15) is 11.8 Å². The highest BCUT2D eigenvalue weighted by atomic mass is 16.5. The van der Waals surface area contributed by atoms with Crippen LogP contribution in [0.2, 0.25) is 0 Å². The largest absolute Gasteiger partial charge is 0.493 e. The maximum atomic E-state index is 12.3. The lowest BCUT2D eigenvalue weighted by Gasteiger charge is -2.13. The summed E-state index contributed by atoms with van der Waals surface area (Å²) in [6, 6.07) is 16.0. The predicted molar refractivity (Wildman–Crippen MR) is 95.1 cm³/mol. The molecular formula is C19H19N3O3. The smallest absolute Gasteiger partial charge is 0.248 e. The first-order valence-electron chi connectivity index (χ1n) is 7.88. The second-order valence-electron chi connectivity index (χ2n) is 5.43. The molecule has 1 aromatic heterocycles. The number of hydrogen-bond donors (Lipinski definition) is 1. The third kappa shape index (κ3) is 3.98. The van der Waals surface area contributed by atoms with E-state index in [1.165, 1.54) is 0 Å². The standard InChI is InChI=1S/C19H19N3O3/c1-14(22-13-5-12-20-22)19(23)21-15-8-10-16(11-9-15)25-18-7-4-3-6-17(18)24-2/h3-14H,1-2H3,(H,21,23)/t14-/m1/s1. The highest BCUT2D eigenvalue weighted by molar-refractivity contribution is 5.93. The van der Waals surface area contributed by atoms with E-state index in [0.29, 0.717) is 22.9 Å². The van der Waals surface area contributed by atoms with Crippen LogP contribution in [0.5, 0.6) is 17.2 Å². The molecule has 6 heteroatoms. The number of nitrogens with one attached hydrogen (secondary N) is 1. The molecule has 0 aliphatic carbocycles. The molecule has 0 aliphatic rings. The Labute approximate surface area is 146 Å². The molecule has 0 saturated carbocycles. The van der Waals surface area contributed by atoms with Crippen molar-refractivity contribution in [2.24, 2.45) is 0 Å². The molecule has 0 spiro atoms. The van der Waals surface area contributed by atoms with Crippen LogP contribution >= 0.6 is 0 Å². The normalized spacial score (nSPS) is 11.6. The van der Waals surface area contributed by atoms with Gasteiger partial charge in [-0.1, -0.05) is 12.1 Å². The van der Waals surface area contributed by atoms with E-state index in [4.69, 9.17) is 9.47 Å². The lowest BCUT2D eigenvalue weighted by atomic mass is 10.2. The van der Waals surface area contributed by atoms with Crippen molar-refractivity contribution in [1.82, 2.24) is 9.78 Å². The molecule has 0 fully saturated rings. The van der Waals surface area contributed by atoms with Crippen molar-refractivity contribution in [3.63, 3.8) is 0 Å². The van der Waals surface area contributed by atoms with E-state index >= 15 is 0 Å². The molecule has 25 heavy (non-hydrogen) atoms. The van der Waals surface area contributed by atoms with E-state index < -0.39 is 0 Å². The Kier molecular flexibility index (Phi) is 4.99. The molecule has 128 valence electrons. The SMILES string of the molecule is COc1ccccc1Oc1ccc(NC(=O)[C@@H](C)n2cccn2)cc1. The van der Waals surface area contributed by atoms with Crippen LogP contribution in [0.25, 0.3) is 0 Å². The minimum absolute atomic E-state index is 0.137. The van der Waals surface area contributed by atoms with Crippen LogP contribution in [0.4, 0.5) is 5.69 Å². The number of amides is 1. The Bertz CT molecular complexity index is 829. The van der Waals surface area contributed by atoms with Crippen LogP contribution in [-0.4, -0.2) is 22.8 Å². The molecule has 6 nitrogen and oxygen atoms in total. The van der Waals surface area contributed by atoms with Gasteiger partial charge in [0, 0.05) is 18.1 Å². The van der Waals surface area contributed by atoms with Gasteiger partial charge >= 0.3 is 0 Å². The van der Waals surface area contributed by atoms with Gasteiger partial charge in [0.25, 0.3) is 0 Å². The number of hydrogen-bond acceptors (Lipinski definition) is 4. The van der Waals surface area contributed by atoms with Gasteiger partial charge < -0.3 is 14.8 Å². The maximum Gasteiger partial charge on any atom is 0.248 e. The monoisotopic (exact) mass is 337 g/mol. The topological polar surface area (TPSA) is 65.4 Å². The summed E-state index contributed by atoms with van der Waals surface area (Å²) in [5.41, 5.74) is 0.691. The third-order valence-electron chi connectivity index (χ3n) is 3.72. The Hall–Kier alpha value is -3.28. The van der Waals surface area contributed by atoms with Crippen LogP contribution in [0, 0.1) is 0 Å². The summed E-state index contributed by atoms with van der Waals surface area (Å²) in [5, 5.41) is 6.94. The van der Waals surface area contributed by atoms with Gasteiger partial charge in [0.2, 0.25) is 5.91 Å². The first-order chi connectivity index (χ1) is 12.2. The fourth-order valence-corrected chi connectivity index (χ4v) is 2.31. The zero-order chi connectivity index (χ0) is 17.6. The number of nitrogens with zero attached hydrogens (tertiary/aromatic N) is 2. The summed E-state index contributed by atoms with van der Waals surface area (Å²) in [4.78, 5) is 12.3. The van der Waals surface area contributed by atoms with Crippen molar-refractivity contribution in [3.8, 4) is 17.2 Å². The van der Waals surface area contributed by atoms with Gasteiger partial charge in [0.05, 0.1) is 7.11 Å². The number of para-hydroxylation sites is 2. The molecule has 0 bridgehead atoms. The average molecular weight is 337 g/mol. The lowest BCUT2D eigenvalue weighted by molar-refractivity contribution is -0.119. The zero-order valence-corrected chi connectivity index (χ0v) is 14.0. The zero-order valence-electron chi connectivity index (χ0n) is 14.0. The first kappa shape index (κ1) is 16.6. The van der Waals surface area contributed by atoms with Crippen LogP contribution in [0.15, 0.2) is 67.0 Å². The van der Waals surface area contributed by atoms with Crippen molar-refractivity contribution in [3.05, 3.63) is 67.0 Å². The molecule has 1 heterocycles. The Morgan fingerprint density at radius 3 is 2.44 bits per heavy atom. The average Bonchev–Trinajstić information content (AvgIpc) is 3.18. The Morgan fingerprint density at radius 2 is 1.80 bits per heavy atom. The van der Waals surface area contributed by atoms with Crippen molar-refractivity contribution in [2.45, 2.75) is 13.0 Å². The highest BCUT2D eigenvalue weighted by Crippen LogP contribution is 2.31. The minimum atomic E-state index is -0.389. The van der Waals surface area contributed by atoms with Gasteiger partial charge in [-0.3, -0.25) is 9.48 Å². The fraction of sp³-hybridized carbons (Fsp3) is 0.158. The van der Waals surface area contributed by atoms with Crippen molar-refractivity contribution < 1.29 is 14.3 Å². The van der Waals surface area contributed by atoms with Gasteiger partial charge in [0.15, 0.2) is 11.5 Å². The van der Waals surface area contributed by atoms with Crippen molar-refractivity contribution >= 4 is 11.6 Å². The van der Waals surface area contributed by atoms with E-state index in [1.54, 1.807) is 61.4 Å². The molecule has 3 rings (SSSR count). The summed E-state index contributed by atoms with van der Waals surface area (Å²) in [6.45, 7) is 1.79. The Balaban J connectivity index is 1.65. The van der Waals surface area contributed by atoms with Crippen LogP contribution in [0.3, 0.4) is 0 Å². The number of rotatable bonds is 6. The summed E-state index contributed by atoms with van der Waals surface area (Å²) in [7, 11) is 1.60. The second-order valence-corrected chi connectivity index (χ2v) is 5.43. The number of ether oxygens (including phenoxy) is 2. The van der Waals surface area contributed by atoms with Gasteiger partial charge in [-0.15, -0.1) is 0 Å². The number of carbonyl (C=O) groups excluding carboxylic acids is 1. The van der Waals surface area contributed by atoms with Gasteiger partial charge in [-0.2, -0.15) is 5.10 Å². The number of aromatic nitrogens is 2. The van der Waals surface area contributed by atoms with Crippen LogP contribution in [-0.2, 0) is 4.79 Å². The molecule has 2 aromatic carbocycles. The molecule has 1 N–H and O–H groups in total. The van der Waals surface area contributed by atoms with E-state index in [-0.39, 0.29) is 11.9 Å². The van der Waals surface area contributed by atoms with Crippen molar-refractivity contribution in [2.75, 3.05) is 12.4 Å². The molecule has 0 unspecified atom stereocenters. The number of benzene rings is 2. The summed E-state index contributed by atoms with van der Waals surface area (Å²) < 4.78 is 12.7. The van der Waals surface area contributed by atoms with E-state index in [9.17, 15) is 4.79 Å². The quantitative estimate of drug-likeness (QED) is 0.741. The summed E-state index contributed by atoms with van der Waals surface area (Å²) in [6.07, 6.45) is 3.40. The molecular weight excluding hydrogens is 318 g/mol. The molecule has 0 radical (unpaired) electrons. The minimum Gasteiger partial charge on any atom is -0.493 e. The number of carbonyl (C=O) groups is 1. The van der Waals surface area contributed by atoms with Crippen LogP contribution in [0.1, 0.15) is 13.0 Å². The molecule has 1 amide bonds. The fourth-order valence-electron chi connectivity index (χ4n) is 2.31. The van der Waals surface area contributed by atoms with E-state index in [2.05, 4.69) is 10.4 Å². The lowest BCUT2D eigenvalue weighted by Crippen LogP contribution is -2.23. The van der Waals surface area contributed by atoms with Gasteiger partial charge in [-0.05, 0) is 49.4 Å². The second kappa shape index (κ2) is 7.53. The maximum absolute atomic E-state index is 12.3. The summed E-state index contributed by atoms with van der Waals surface area (Å²) >= 11 is 0. The van der Waals surface area contributed by atoms with E-state index in [0.717, 1.165) is 0 Å². The predicted octanol–water partition coefficient (Wildman–Crippen LogP) is 3.88. The molecule has 3 aromatic rings. The molecule has 0 aliphatic heterocycles. The third-order valence-corrected chi connectivity index (χ3v) is 3.72. The van der Waals surface area contributed by atoms with E-state index in [1.807, 2.05) is 24.3 Å². The first-order valence-corrected chi connectivity index (χ1v) is 7.88. The molecule has 1 atom stereocenters. The van der Waals surface area contributed by atoms with Crippen LogP contribution < -0.4 is 14.8 Å².